The fourth-order valence-electron chi connectivity index (χ4n) is 2.47. The molecular formula is C13H14BrNO. The lowest BCUT2D eigenvalue weighted by Gasteiger charge is -2.23. The summed E-state index contributed by atoms with van der Waals surface area (Å²) in [5.41, 5.74) is 2.04. The Morgan fingerprint density at radius 3 is 2.88 bits per heavy atom. The zero-order chi connectivity index (χ0) is 11.3. The predicted octanol–water partition coefficient (Wildman–Crippen LogP) is 3.20. The molecule has 1 aromatic carbocycles. The quantitative estimate of drug-likeness (QED) is 0.814. The Hall–Kier alpha value is -0.830. The lowest BCUT2D eigenvalue weighted by molar-refractivity contribution is 0.0697. The molecule has 0 saturated heterocycles. The maximum atomic E-state index is 12.2. The second kappa shape index (κ2) is 3.59. The smallest absolute Gasteiger partial charge is 0.254 e. The van der Waals surface area contributed by atoms with E-state index in [9.17, 15) is 4.79 Å². The van der Waals surface area contributed by atoms with Crippen LogP contribution in [0.15, 0.2) is 22.7 Å². The van der Waals surface area contributed by atoms with Crippen LogP contribution in [0.5, 0.6) is 0 Å². The highest BCUT2D eigenvalue weighted by molar-refractivity contribution is 9.10. The molecule has 0 spiro atoms. The summed E-state index contributed by atoms with van der Waals surface area (Å²) in [5, 5.41) is 0. The van der Waals surface area contributed by atoms with Gasteiger partial charge in [-0.3, -0.25) is 4.79 Å². The Bertz CT molecular complexity index is 453. The van der Waals surface area contributed by atoms with E-state index in [1.165, 1.54) is 12.8 Å². The molecule has 3 rings (SSSR count). The van der Waals surface area contributed by atoms with E-state index in [4.69, 9.17) is 0 Å². The van der Waals surface area contributed by atoms with Gasteiger partial charge in [0.1, 0.15) is 0 Å². The topological polar surface area (TPSA) is 20.3 Å². The van der Waals surface area contributed by atoms with Crippen molar-refractivity contribution >= 4 is 21.8 Å². The van der Waals surface area contributed by atoms with Crippen LogP contribution in [0.2, 0.25) is 0 Å². The minimum absolute atomic E-state index is 0.210. The zero-order valence-corrected chi connectivity index (χ0v) is 10.8. The molecule has 2 aliphatic rings. The van der Waals surface area contributed by atoms with Crippen LogP contribution < -0.4 is 0 Å². The molecule has 16 heavy (non-hydrogen) atoms. The molecule has 1 atom stereocenters. The van der Waals surface area contributed by atoms with Crippen molar-refractivity contribution in [2.24, 2.45) is 5.92 Å². The molecule has 1 aliphatic carbocycles. The molecule has 1 heterocycles. The molecule has 0 radical (unpaired) electrons. The number of benzene rings is 1. The number of hydrogen-bond acceptors (Lipinski definition) is 1. The summed E-state index contributed by atoms with van der Waals surface area (Å²) in [6, 6.07) is 6.34. The predicted molar refractivity (Wildman–Crippen MR) is 66.2 cm³/mol. The number of carbonyl (C=O) groups is 1. The second-order valence-corrected chi connectivity index (χ2v) is 5.73. The summed E-state index contributed by atoms with van der Waals surface area (Å²) < 4.78 is 1.06. The number of nitrogens with zero attached hydrogens (tertiary/aromatic N) is 1. The van der Waals surface area contributed by atoms with E-state index < -0.39 is 0 Å². The zero-order valence-electron chi connectivity index (χ0n) is 9.24. The van der Waals surface area contributed by atoms with Crippen molar-refractivity contribution < 1.29 is 4.79 Å². The first-order valence-corrected chi connectivity index (χ1v) is 6.55. The molecule has 1 aliphatic heterocycles. The fourth-order valence-corrected chi connectivity index (χ4v) is 2.88. The van der Waals surface area contributed by atoms with E-state index >= 15 is 0 Å². The number of fused-ring (bicyclic) bond motifs is 1. The molecule has 2 nitrogen and oxygen atoms in total. The van der Waals surface area contributed by atoms with Gasteiger partial charge in [0.15, 0.2) is 0 Å². The van der Waals surface area contributed by atoms with E-state index in [1.807, 2.05) is 17.0 Å². The standard InChI is InChI=1S/C13H14BrNO/c1-8(9-2-3-9)15-7-10-6-11(14)4-5-12(10)13(15)16/h4-6,8-9H,2-3,7H2,1H3/t8-/m0/s1. The number of amides is 1. The van der Waals surface area contributed by atoms with E-state index in [-0.39, 0.29) is 5.91 Å². The summed E-state index contributed by atoms with van der Waals surface area (Å²) in [5.74, 6) is 0.948. The summed E-state index contributed by atoms with van der Waals surface area (Å²) in [4.78, 5) is 14.2. The van der Waals surface area contributed by atoms with Crippen molar-refractivity contribution in [3.8, 4) is 0 Å². The van der Waals surface area contributed by atoms with E-state index in [1.54, 1.807) is 0 Å². The summed E-state index contributed by atoms with van der Waals surface area (Å²) >= 11 is 3.45. The van der Waals surface area contributed by atoms with Gasteiger partial charge in [-0.25, -0.2) is 0 Å². The first kappa shape index (κ1) is 10.3. The number of rotatable bonds is 2. The summed E-state index contributed by atoms with van der Waals surface area (Å²) in [7, 11) is 0. The average Bonchev–Trinajstić information content (AvgIpc) is 3.04. The van der Waals surface area contributed by atoms with Gasteiger partial charge in [-0.2, -0.15) is 0 Å². The van der Waals surface area contributed by atoms with Crippen LogP contribution in [0, 0.1) is 5.92 Å². The van der Waals surface area contributed by atoms with Crippen molar-refractivity contribution in [2.75, 3.05) is 0 Å². The molecule has 1 fully saturated rings. The summed E-state index contributed by atoms with van der Waals surface area (Å²) in [6.45, 7) is 2.96. The Balaban J connectivity index is 1.90. The Morgan fingerprint density at radius 1 is 1.44 bits per heavy atom. The van der Waals surface area contributed by atoms with Crippen molar-refractivity contribution in [1.29, 1.82) is 0 Å². The van der Waals surface area contributed by atoms with Crippen LogP contribution in [0.25, 0.3) is 0 Å². The molecule has 1 amide bonds. The molecule has 0 N–H and O–H groups in total. The van der Waals surface area contributed by atoms with Crippen LogP contribution in [0.1, 0.15) is 35.7 Å². The van der Waals surface area contributed by atoms with Crippen molar-refractivity contribution in [3.63, 3.8) is 0 Å². The van der Waals surface area contributed by atoms with Gasteiger partial charge in [0.05, 0.1) is 0 Å². The van der Waals surface area contributed by atoms with Crippen LogP contribution in [-0.2, 0) is 6.54 Å². The molecule has 0 bridgehead atoms. The van der Waals surface area contributed by atoms with Crippen LogP contribution in [-0.4, -0.2) is 16.8 Å². The van der Waals surface area contributed by atoms with Gasteiger partial charge in [0, 0.05) is 22.6 Å². The third-order valence-electron chi connectivity index (χ3n) is 3.70. The maximum Gasteiger partial charge on any atom is 0.254 e. The molecule has 84 valence electrons. The molecule has 3 heteroatoms. The van der Waals surface area contributed by atoms with Gasteiger partial charge >= 0.3 is 0 Å². The van der Waals surface area contributed by atoms with Gasteiger partial charge in [0.2, 0.25) is 0 Å². The van der Waals surface area contributed by atoms with Crippen molar-refractivity contribution in [2.45, 2.75) is 32.4 Å². The van der Waals surface area contributed by atoms with E-state index in [0.717, 1.165) is 28.1 Å². The molecule has 0 aromatic heterocycles. The van der Waals surface area contributed by atoms with Gasteiger partial charge in [0.25, 0.3) is 5.91 Å². The lowest BCUT2D eigenvalue weighted by atomic mass is 10.1. The minimum atomic E-state index is 0.210. The van der Waals surface area contributed by atoms with E-state index in [0.29, 0.717) is 6.04 Å². The van der Waals surface area contributed by atoms with Crippen molar-refractivity contribution in [1.82, 2.24) is 4.90 Å². The Morgan fingerprint density at radius 2 is 2.19 bits per heavy atom. The highest BCUT2D eigenvalue weighted by Gasteiger charge is 2.38. The molecule has 1 aromatic rings. The molecule has 0 unspecified atom stereocenters. The largest absolute Gasteiger partial charge is 0.331 e. The highest BCUT2D eigenvalue weighted by atomic mass is 79.9. The van der Waals surface area contributed by atoms with E-state index in [2.05, 4.69) is 28.9 Å². The second-order valence-electron chi connectivity index (χ2n) is 4.81. The maximum absolute atomic E-state index is 12.2. The van der Waals surface area contributed by atoms with Gasteiger partial charge in [-0.1, -0.05) is 15.9 Å². The fraction of sp³-hybridized carbons (Fsp3) is 0.462. The van der Waals surface area contributed by atoms with Crippen LogP contribution in [0.3, 0.4) is 0 Å². The van der Waals surface area contributed by atoms with Crippen LogP contribution in [0.4, 0.5) is 0 Å². The molecule has 1 saturated carbocycles. The number of hydrogen-bond donors (Lipinski definition) is 0. The Kier molecular flexibility index (Phi) is 2.32. The van der Waals surface area contributed by atoms with Gasteiger partial charge < -0.3 is 4.90 Å². The average molecular weight is 280 g/mol. The Labute approximate surface area is 104 Å². The highest BCUT2D eigenvalue weighted by Crippen LogP contribution is 2.38. The summed E-state index contributed by atoms with van der Waals surface area (Å²) in [6.07, 6.45) is 2.57. The number of halogens is 1. The van der Waals surface area contributed by atoms with Gasteiger partial charge in [-0.05, 0) is 49.4 Å². The molecular weight excluding hydrogens is 266 g/mol. The van der Waals surface area contributed by atoms with Crippen LogP contribution >= 0.6 is 15.9 Å². The third-order valence-corrected chi connectivity index (χ3v) is 4.19. The normalized spacial score (nSPS) is 21.1. The van der Waals surface area contributed by atoms with Crippen molar-refractivity contribution in [3.05, 3.63) is 33.8 Å². The minimum Gasteiger partial charge on any atom is -0.331 e. The first-order valence-electron chi connectivity index (χ1n) is 5.76. The monoisotopic (exact) mass is 279 g/mol. The number of carbonyl (C=O) groups excluding carboxylic acids is 1. The SMILES string of the molecule is C[C@@H](C1CC1)N1Cc2cc(Br)ccc2C1=O. The van der Waals surface area contributed by atoms with Gasteiger partial charge in [-0.15, -0.1) is 0 Å². The third kappa shape index (κ3) is 1.58. The first-order chi connectivity index (χ1) is 7.66. The lowest BCUT2D eigenvalue weighted by Crippen LogP contribution is -2.34.